The molecule has 0 bridgehead atoms. The maximum absolute atomic E-state index is 12.2. The minimum Gasteiger partial charge on any atom is -0.444 e. The van der Waals surface area contributed by atoms with Crippen molar-refractivity contribution < 1.29 is 9.53 Å². The third-order valence-electron chi connectivity index (χ3n) is 3.34. The van der Waals surface area contributed by atoms with Crippen molar-refractivity contribution in [2.45, 2.75) is 32.9 Å². The highest BCUT2D eigenvalue weighted by atomic mass is 79.9. The van der Waals surface area contributed by atoms with Gasteiger partial charge in [-0.1, -0.05) is 15.9 Å². The molecule has 124 valence electrons. The fraction of sp³-hybridized carbons (Fsp3) is 0.412. The number of ether oxygens (including phenoxy) is 1. The van der Waals surface area contributed by atoms with E-state index in [1.54, 1.807) is 26.4 Å². The fourth-order valence-electron chi connectivity index (χ4n) is 2.31. The summed E-state index contributed by atoms with van der Waals surface area (Å²) in [5.41, 5.74) is 0.285. The van der Waals surface area contributed by atoms with E-state index in [0.29, 0.717) is 11.9 Å². The molecule has 0 atom stereocenters. The van der Waals surface area contributed by atoms with Crippen molar-refractivity contribution in [2.75, 3.05) is 7.05 Å². The summed E-state index contributed by atoms with van der Waals surface area (Å²) in [4.78, 5) is 25.9. The molecule has 0 N–H and O–H groups in total. The van der Waals surface area contributed by atoms with E-state index in [4.69, 9.17) is 4.74 Å². The van der Waals surface area contributed by atoms with E-state index in [0.717, 1.165) is 15.4 Å². The molecule has 5 nitrogen and oxygen atoms in total. The lowest BCUT2D eigenvalue weighted by molar-refractivity contribution is 0.0285. The third kappa shape index (κ3) is 4.13. The van der Waals surface area contributed by atoms with Gasteiger partial charge < -0.3 is 14.2 Å². The van der Waals surface area contributed by atoms with Gasteiger partial charge in [-0.15, -0.1) is 0 Å². The molecule has 0 spiro atoms. The maximum Gasteiger partial charge on any atom is 0.410 e. The first-order chi connectivity index (χ1) is 10.6. The number of rotatable bonds is 2. The molecule has 1 aromatic heterocycles. The van der Waals surface area contributed by atoms with Gasteiger partial charge in [-0.3, -0.25) is 4.79 Å². The number of hydrogen-bond acceptors (Lipinski definition) is 3. The molecule has 6 heteroatoms. The minimum absolute atomic E-state index is 0.0591. The number of amides is 1. The van der Waals surface area contributed by atoms with E-state index in [2.05, 4.69) is 15.9 Å². The van der Waals surface area contributed by atoms with Crippen molar-refractivity contribution in [3.63, 3.8) is 0 Å². The molecule has 0 saturated heterocycles. The number of nitrogens with zero attached hydrogens (tertiary/aromatic N) is 2. The number of carbonyl (C=O) groups is 1. The Morgan fingerprint density at radius 1 is 1.30 bits per heavy atom. The van der Waals surface area contributed by atoms with Gasteiger partial charge in [0.25, 0.3) is 5.56 Å². The van der Waals surface area contributed by atoms with Gasteiger partial charge in [0, 0.05) is 30.2 Å². The topological polar surface area (TPSA) is 51.5 Å². The van der Waals surface area contributed by atoms with E-state index < -0.39 is 11.7 Å². The van der Waals surface area contributed by atoms with Crippen LogP contribution in [0.4, 0.5) is 4.79 Å². The normalized spacial score (nSPS) is 11.6. The molecule has 0 radical (unpaired) electrons. The van der Waals surface area contributed by atoms with Gasteiger partial charge >= 0.3 is 6.09 Å². The van der Waals surface area contributed by atoms with Crippen molar-refractivity contribution in [3.05, 3.63) is 44.8 Å². The Labute approximate surface area is 144 Å². The van der Waals surface area contributed by atoms with E-state index in [1.807, 2.05) is 32.9 Å². The van der Waals surface area contributed by atoms with Crippen LogP contribution in [0.5, 0.6) is 0 Å². The molecular weight excluding hydrogens is 360 g/mol. The molecule has 2 rings (SSSR count). The molecule has 0 saturated carbocycles. The summed E-state index contributed by atoms with van der Waals surface area (Å²) in [6.45, 7) is 5.85. The van der Waals surface area contributed by atoms with Crippen molar-refractivity contribution in [3.8, 4) is 0 Å². The Hall–Kier alpha value is -1.82. The van der Waals surface area contributed by atoms with Crippen LogP contribution in [0.2, 0.25) is 0 Å². The second kappa shape index (κ2) is 6.35. The average molecular weight is 381 g/mol. The summed E-state index contributed by atoms with van der Waals surface area (Å²) in [5, 5.41) is 1.46. The lowest BCUT2D eigenvalue weighted by Gasteiger charge is -2.25. The number of fused-ring (bicyclic) bond motifs is 1. The van der Waals surface area contributed by atoms with Crippen LogP contribution < -0.4 is 5.56 Å². The first kappa shape index (κ1) is 17.5. The van der Waals surface area contributed by atoms with Crippen molar-refractivity contribution >= 4 is 32.8 Å². The van der Waals surface area contributed by atoms with E-state index in [1.165, 1.54) is 9.47 Å². The van der Waals surface area contributed by atoms with E-state index >= 15 is 0 Å². The molecule has 0 aliphatic rings. The van der Waals surface area contributed by atoms with Crippen LogP contribution in [0.1, 0.15) is 26.3 Å². The molecule has 23 heavy (non-hydrogen) atoms. The summed E-state index contributed by atoms with van der Waals surface area (Å²) < 4.78 is 7.80. The first-order valence-electron chi connectivity index (χ1n) is 7.30. The van der Waals surface area contributed by atoms with E-state index in [-0.39, 0.29) is 5.56 Å². The molecule has 2 aromatic rings. The largest absolute Gasteiger partial charge is 0.444 e. The zero-order chi connectivity index (χ0) is 17.4. The van der Waals surface area contributed by atoms with Crippen molar-refractivity contribution in [1.29, 1.82) is 0 Å². The van der Waals surface area contributed by atoms with Crippen LogP contribution in [0.25, 0.3) is 10.8 Å². The number of aromatic nitrogens is 1. The van der Waals surface area contributed by atoms with E-state index in [9.17, 15) is 9.59 Å². The molecule has 1 heterocycles. The maximum atomic E-state index is 12.2. The first-order valence-corrected chi connectivity index (χ1v) is 8.09. The lowest BCUT2D eigenvalue weighted by Crippen LogP contribution is -2.34. The Morgan fingerprint density at radius 3 is 2.57 bits per heavy atom. The number of aryl methyl sites for hydroxylation is 1. The predicted octanol–water partition coefficient (Wildman–Crippen LogP) is 3.67. The fourth-order valence-corrected chi connectivity index (χ4v) is 2.67. The van der Waals surface area contributed by atoms with Gasteiger partial charge in [0.15, 0.2) is 0 Å². The van der Waals surface area contributed by atoms with Crippen molar-refractivity contribution in [1.82, 2.24) is 9.47 Å². The number of carbonyl (C=O) groups excluding carboxylic acids is 1. The van der Waals surface area contributed by atoms with Gasteiger partial charge in [-0.2, -0.15) is 0 Å². The van der Waals surface area contributed by atoms with Crippen LogP contribution in [0.3, 0.4) is 0 Å². The summed E-state index contributed by atoms with van der Waals surface area (Å²) in [7, 11) is 3.39. The smallest absolute Gasteiger partial charge is 0.410 e. The summed E-state index contributed by atoms with van der Waals surface area (Å²) >= 11 is 3.43. The SMILES string of the molecule is CN(Cc1cn(C)c(=O)c2ccc(Br)cc12)C(=O)OC(C)(C)C. The number of benzene rings is 1. The molecule has 0 aliphatic heterocycles. The van der Waals surface area contributed by atoms with Crippen LogP contribution >= 0.6 is 15.9 Å². The lowest BCUT2D eigenvalue weighted by atomic mass is 10.1. The highest BCUT2D eigenvalue weighted by molar-refractivity contribution is 9.10. The zero-order valence-corrected chi connectivity index (χ0v) is 15.6. The quantitative estimate of drug-likeness (QED) is 0.798. The summed E-state index contributed by atoms with van der Waals surface area (Å²) in [6.07, 6.45) is 1.37. The average Bonchev–Trinajstić information content (AvgIpc) is 2.42. The van der Waals surface area contributed by atoms with Crippen molar-refractivity contribution in [2.24, 2.45) is 7.05 Å². The summed E-state index contributed by atoms with van der Waals surface area (Å²) in [6, 6.07) is 5.53. The second-order valence-corrected chi connectivity index (χ2v) is 7.51. The number of hydrogen-bond donors (Lipinski definition) is 0. The van der Waals surface area contributed by atoms with Gasteiger partial charge in [-0.25, -0.2) is 4.79 Å². The standard InChI is InChI=1S/C17H21BrN2O3/c1-17(2,3)23-16(22)20(5)10-11-9-19(4)15(21)13-7-6-12(18)8-14(11)13/h6-9H,10H2,1-5H3. The highest BCUT2D eigenvalue weighted by Gasteiger charge is 2.20. The predicted molar refractivity (Wildman–Crippen MR) is 94.6 cm³/mol. The van der Waals surface area contributed by atoms with Crippen LogP contribution in [-0.2, 0) is 18.3 Å². The monoisotopic (exact) mass is 380 g/mol. The van der Waals surface area contributed by atoms with Crippen LogP contribution in [-0.4, -0.2) is 28.2 Å². The molecule has 1 amide bonds. The zero-order valence-electron chi connectivity index (χ0n) is 14.0. The number of pyridine rings is 1. The Bertz CT molecular complexity index is 806. The molecule has 0 fully saturated rings. The Kier molecular flexibility index (Phi) is 4.84. The molecule has 0 unspecified atom stereocenters. The summed E-state index contributed by atoms with van der Waals surface area (Å²) in [5.74, 6) is 0. The van der Waals surface area contributed by atoms with Gasteiger partial charge in [0.2, 0.25) is 0 Å². The Balaban J connectivity index is 2.40. The van der Waals surface area contributed by atoms with Crippen LogP contribution in [0.15, 0.2) is 33.7 Å². The Morgan fingerprint density at radius 2 is 1.96 bits per heavy atom. The molecular formula is C17H21BrN2O3. The number of halogens is 1. The molecule has 1 aromatic carbocycles. The second-order valence-electron chi connectivity index (χ2n) is 6.60. The van der Waals surface area contributed by atoms with Gasteiger partial charge in [-0.05, 0) is 49.9 Å². The minimum atomic E-state index is -0.542. The van der Waals surface area contributed by atoms with Gasteiger partial charge in [0.1, 0.15) is 5.60 Å². The molecule has 0 aliphatic carbocycles. The van der Waals surface area contributed by atoms with Crippen LogP contribution in [0, 0.1) is 0 Å². The van der Waals surface area contributed by atoms with Gasteiger partial charge in [0.05, 0.1) is 6.54 Å². The third-order valence-corrected chi connectivity index (χ3v) is 3.83. The highest BCUT2D eigenvalue weighted by Crippen LogP contribution is 2.22.